The molecule has 17 heavy (non-hydrogen) atoms. The molecule has 4 nitrogen and oxygen atoms in total. The molecule has 0 aliphatic carbocycles. The van der Waals surface area contributed by atoms with Crippen molar-refractivity contribution in [3.8, 4) is 0 Å². The number of carbonyl (C=O) groups is 1. The largest absolute Gasteiger partial charge is 0.481 e. The lowest BCUT2D eigenvalue weighted by atomic mass is 10.1. The van der Waals surface area contributed by atoms with Gasteiger partial charge < -0.3 is 14.6 Å². The summed E-state index contributed by atoms with van der Waals surface area (Å²) in [6, 6.07) is 7.45. The van der Waals surface area contributed by atoms with Crippen LogP contribution in [0.4, 0.5) is 0 Å². The minimum Gasteiger partial charge on any atom is -0.481 e. The lowest BCUT2D eigenvalue weighted by Crippen LogP contribution is -2.05. The van der Waals surface area contributed by atoms with Crippen LogP contribution < -0.4 is 0 Å². The maximum Gasteiger partial charge on any atom is 0.307 e. The van der Waals surface area contributed by atoms with E-state index in [1.807, 2.05) is 24.3 Å². The molecule has 0 unspecified atom stereocenters. The van der Waals surface area contributed by atoms with Crippen LogP contribution in [0.25, 0.3) is 0 Å². The lowest BCUT2D eigenvalue weighted by Gasteiger charge is -2.08. The van der Waals surface area contributed by atoms with Crippen LogP contribution >= 0.6 is 0 Å². The van der Waals surface area contributed by atoms with E-state index in [2.05, 4.69) is 0 Å². The Bertz CT molecular complexity index is 349. The minimum atomic E-state index is -0.822. The highest BCUT2D eigenvalue weighted by Crippen LogP contribution is 2.11. The molecule has 1 aromatic carbocycles. The quantitative estimate of drug-likeness (QED) is 0.702. The first kappa shape index (κ1) is 13.7. The molecule has 1 N–H and O–H groups in total. The van der Waals surface area contributed by atoms with Crippen LogP contribution in [0.5, 0.6) is 0 Å². The predicted molar refractivity (Wildman–Crippen MR) is 63.9 cm³/mol. The van der Waals surface area contributed by atoms with E-state index in [0.717, 1.165) is 17.5 Å². The Labute approximate surface area is 101 Å². The molecule has 1 rings (SSSR count). The van der Waals surface area contributed by atoms with Gasteiger partial charge in [-0.15, -0.1) is 0 Å². The fourth-order valence-electron chi connectivity index (χ4n) is 1.52. The third-order valence-electron chi connectivity index (χ3n) is 2.35. The van der Waals surface area contributed by atoms with Gasteiger partial charge in [-0.3, -0.25) is 4.79 Å². The van der Waals surface area contributed by atoms with Gasteiger partial charge in [-0.25, -0.2) is 0 Å². The summed E-state index contributed by atoms with van der Waals surface area (Å²) in [5, 5.41) is 8.78. The summed E-state index contributed by atoms with van der Waals surface area (Å²) in [5.74, 6) is -0.822. The monoisotopic (exact) mass is 238 g/mol. The number of carboxylic acids is 1. The van der Waals surface area contributed by atoms with Crippen molar-refractivity contribution in [3.63, 3.8) is 0 Å². The van der Waals surface area contributed by atoms with Gasteiger partial charge in [0, 0.05) is 20.3 Å². The van der Waals surface area contributed by atoms with Gasteiger partial charge in [-0.1, -0.05) is 24.3 Å². The molecule has 0 radical (unpaired) electrons. The summed E-state index contributed by atoms with van der Waals surface area (Å²) in [6.45, 7) is 1.75. The Hall–Kier alpha value is -1.39. The van der Waals surface area contributed by atoms with Gasteiger partial charge in [0.05, 0.1) is 13.0 Å². The smallest absolute Gasteiger partial charge is 0.307 e. The highest BCUT2D eigenvalue weighted by Gasteiger charge is 2.05. The summed E-state index contributed by atoms with van der Waals surface area (Å²) >= 11 is 0. The predicted octanol–water partition coefficient (Wildman–Crippen LogP) is 1.87. The molecule has 1 aromatic rings. The van der Waals surface area contributed by atoms with Gasteiger partial charge in [-0.05, 0) is 17.5 Å². The molecule has 0 amide bonds. The Balaban J connectivity index is 2.43. The van der Waals surface area contributed by atoms with E-state index >= 15 is 0 Å². The molecule has 94 valence electrons. The third-order valence-corrected chi connectivity index (χ3v) is 2.35. The van der Waals surface area contributed by atoms with Gasteiger partial charge in [0.1, 0.15) is 0 Å². The van der Waals surface area contributed by atoms with E-state index in [1.165, 1.54) is 0 Å². The number of aliphatic carboxylic acids is 1. The topological polar surface area (TPSA) is 55.8 Å². The Morgan fingerprint density at radius 3 is 2.59 bits per heavy atom. The third kappa shape index (κ3) is 5.47. The summed E-state index contributed by atoms with van der Waals surface area (Å²) in [6.07, 6.45) is 0.884. The highest BCUT2D eigenvalue weighted by molar-refractivity contribution is 5.70. The van der Waals surface area contributed by atoms with Crippen LogP contribution in [-0.2, 0) is 27.3 Å². The average molecular weight is 238 g/mol. The molecular weight excluding hydrogens is 220 g/mol. The van der Waals surface area contributed by atoms with E-state index in [-0.39, 0.29) is 6.42 Å². The zero-order valence-corrected chi connectivity index (χ0v) is 10.0. The molecular formula is C13H18O4. The van der Waals surface area contributed by atoms with Crippen molar-refractivity contribution >= 4 is 5.97 Å². The van der Waals surface area contributed by atoms with Crippen molar-refractivity contribution in [2.75, 3.05) is 20.3 Å². The van der Waals surface area contributed by atoms with Crippen LogP contribution in [0.3, 0.4) is 0 Å². The van der Waals surface area contributed by atoms with E-state index in [0.29, 0.717) is 19.8 Å². The van der Waals surface area contributed by atoms with Crippen molar-refractivity contribution in [2.24, 2.45) is 0 Å². The normalized spacial score (nSPS) is 10.4. The van der Waals surface area contributed by atoms with Gasteiger partial charge in [-0.2, -0.15) is 0 Å². The highest BCUT2D eigenvalue weighted by atomic mass is 16.5. The maximum absolute atomic E-state index is 10.7. The molecule has 0 saturated heterocycles. The number of ether oxygens (including phenoxy) is 2. The zero-order valence-electron chi connectivity index (χ0n) is 10.0. The van der Waals surface area contributed by atoms with E-state index in [1.54, 1.807) is 7.11 Å². The summed E-state index contributed by atoms with van der Waals surface area (Å²) in [7, 11) is 1.65. The van der Waals surface area contributed by atoms with Crippen molar-refractivity contribution in [2.45, 2.75) is 19.4 Å². The molecule has 0 bridgehead atoms. The van der Waals surface area contributed by atoms with Gasteiger partial charge in [0.2, 0.25) is 0 Å². The van der Waals surface area contributed by atoms with Gasteiger partial charge in [0.15, 0.2) is 0 Å². The molecule has 0 aromatic heterocycles. The fourth-order valence-corrected chi connectivity index (χ4v) is 1.52. The summed E-state index contributed by atoms with van der Waals surface area (Å²) in [4.78, 5) is 10.7. The molecule has 0 atom stereocenters. The van der Waals surface area contributed by atoms with Crippen LogP contribution in [-0.4, -0.2) is 31.4 Å². The molecule has 0 aliphatic heterocycles. The van der Waals surface area contributed by atoms with Gasteiger partial charge in [0.25, 0.3) is 0 Å². The zero-order chi connectivity index (χ0) is 12.5. The Kier molecular flexibility index (Phi) is 6.29. The molecule has 0 fully saturated rings. The number of hydrogen-bond acceptors (Lipinski definition) is 3. The second kappa shape index (κ2) is 7.81. The van der Waals surface area contributed by atoms with Crippen LogP contribution in [0.2, 0.25) is 0 Å². The first-order valence-electron chi connectivity index (χ1n) is 5.59. The molecule has 0 saturated carbocycles. The summed E-state index contributed by atoms with van der Waals surface area (Å²) in [5.41, 5.74) is 1.75. The van der Waals surface area contributed by atoms with Gasteiger partial charge >= 0.3 is 5.97 Å². The fraction of sp³-hybridized carbons (Fsp3) is 0.462. The SMILES string of the molecule is COCCCOCc1ccccc1CC(=O)O. The summed E-state index contributed by atoms with van der Waals surface area (Å²) < 4.78 is 10.4. The number of rotatable bonds is 8. The van der Waals surface area contributed by atoms with E-state index in [9.17, 15) is 4.79 Å². The van der Waals surface area contributed by atoms with Crippen LogP contribution in [0.1, 0.15) is 17.5 Å². The first-order valence-corrected chi connectivity index (χ1v) is 5.59. The van der Waals surface area contributed by atoms with Crippen LogP contribution in [0, 0.1) is 0 Å². The number of methoxy groups -OCH3 is 1. The van der Waals surface area contributed by atoms with Crippen molar-refractivity contribution in [3.05, 3.63) is 35.4 Å². The molecule has 0 aliphatic rings. The molecule has 0 heterocycles. The van der Waals surface area contributed by atoms with Crippen LogP contribution in [0.15, 0.2) is 24.3 Å². The van der Waals surface area contributed by atoms with Crippen molar-refractivity contribution in [1.82, 2.24) is 0 Å². The number of hydrogen-bond donors (Lipinski definition) is 1. The van der Waals surface area contributed by atoms with E-state index < -0.39 is 5.97 Å². The second-order valence-electron chi connectivity index (χ2n) is 3.74. The number of benzene rings is 1. The number of carboxylic acid groups (broad SMARTS) is 1. The first-order chi connectivity index (χ1) is 8.24. The van der Waals surface area contributed by atoms with Crippen molar-refractivity contribution in [1.29, 1.82) is 0 Å². The minimum absolute atomic E-state index is 0.0393. The standard InChI is InChI=1S/C13H18O4/c1-16-7-4-8-17-10-12-6-3-2-5-11(12)9-13(14)15/h2-3,5-6H,4,7-10H2,1H3,(H,14,15). The van der Waals surface area contributed by atoms with E-state index in [4.69, 9.17) is 14.6 Å². The average Bonchev–Trinajstić information content (AvgIpc) is 2.30. The van der Waals surface area contributed by atoms with Crippen molar-refractivity contribution < 1.29 is 19.4 Å². The Morgan fingerprint density at radius 1 is 1.24 bits per heavy atom. The maximum atomic E-state index is 10.7. The lowest BCUT2D eigenvalue weighted by molar-refractivity contribution is -0.136. The second-order valence-corrected chi connectivity index (χ2v) is 3.74. The molecule has 0 spiro atoms. The molecule has 4 heteroatoms. The Morgan fingerprint density at radius 2 is 1.94 bits per heavy atom.